The van der Waals surface area contributed by atoms with Crippen molar-refractivity contribution in [2.24, 2.45) is 0 Å². The fraction of sp³-hybridized carbons (Fsp3) is 0.182. The zero-order chi connectivity index (χ0) is 22.8. The lowest BCUT2D eigenvalue weighted by atomic mass is 10.1. The minimum Gasteiger partial charge on any atom is -0.497 e. The van der Waals surface area contributed by atoms with Crippen LogP contribution in [0.3, 0.4) is 0 Å². The van der Waals surface area contributed by atoms with E-state index in [0.29, 0.717) is 22.8 Å². The van der Waals surface area contributed by atoms with Gasteiger partial charge in [-0.3, -0.25) is 0 Å². The third-order valence-electron chi connectivity index (χ3n) is 5.05. The smallest absolute Gasteiger partial charge is 0.240 e. The van der Waals surface area contributed by atoms with Crippen LogP contribution in [-0.2, 0) is 19.9 Å². The van der Waals surface area contributed by atoms with Gasteiger partial charge in [0, 0.05) is 12.6 Å². The molecule has 3 aromatic carbocycles. The highest BCUT2D eigenvalue weighted by Crippen LogP contribution is 2.34. The van der Waals surface area contributed by atoms with Gasteiger partial charge >= 0.3 is 0 Å². The molecular weight excluding hydrogens is 454 g/mol. The summed E-state index contributed by atoms with van der Waals surface area (Å²) < 4.78 is 70.6. The Bertz CT molecular complexity index is 1310. The number of methoxy groups -OCH3 is 1. The SMILES string of the molecule is COc1ccc(S(=O)(=O)C(CNS(=O)(=O)c2ccc3c(c2)OCO3)c2ccccc2)cc1. The van der Waals surface area contributed by atoms with E-state index in [4.69, 9.17) is 14.2 Å². The van der Waals surface area contributed by atoms with Gasteiger partial charge in [0.1, 0.15) is 11.0 Å². The lowest BCUT2D eigenvalue weighted by Crippen LogP contribution is -2.32. The average Bonchev–Trinajstić information content (AvgIpc) is 3.28. The van der Waals surface area contributed by atoms with E-state index in [1.807, 2.05) is 0 Å². The highest BCUT2D eigenvalue weighted by Gasteiger charge is 2.31. The second-order valence-electron chi connectivity index (χ2n) is 6.99. The molecule has 1 unspecified atom stereocenters. The molecule has 10 heteroatoms. The molecule has 4 rings (SSSR count). The molecule has 0 spiro atoms. The standard InChI is InChI=1S/C22H21NO7S2/c1-28-17-7-9-18(10-8-17)31(24,25)22(16-5-3-2-4-6-16)14-23-32(26,27)19-11-12-20-21(13-19)30-15-29-20/h2-13,22-23H,14-15H2,1H3. The van der Waals surface area contributed by atoms with Crippen LogP contribution in [0.4, 0.5) is 0 Å². The fourth-order valence-electron chi connectivity index (χ4n) is 3.32. The third-order valence-corrected chi connectivity index (χ3v) is 8.59. The number of fused-ring (bicyclic) bond motifs is 1. The van der Waals surface area contributed by atoms with Crippen LogP contribution >= 0.6 is 0 Å². The molecule has 8 nitrogen and oxygen atoms in total. The zero-order valence-corrected chi connectivity index (χ0v) is 18.7. The van der Waals surface area contributed by atoms with Gasteiger partial charge in [-0.1, -0.05) is 30.3 Å². The molecule has 1 N–H and O–H groups in total. The molecule has 0 amide bonds. The van der Waals surface area contributed by atoms with Crippen molar-refractivity contribution >= 4 is 19.9 Å². The number of benzene rings is 3. The summed E-state index contributed by atoms with van der Waals surface area (Å²) in [6.07, 6.45) is 0. The molecule has 3 aromatic rings. The summed E-state index contributed by atoms with van der Waals surface area (Å²) >= 11 is 0. The van der Waals surface area contributed by atoms with Crippen molar-refractivity contribution in [1.29, 1.82) is 0 Å². The number of hydrogen-bond acceptors (Lipinski definition) is 7. The number of ether oxygens (including phenoxy) is 3. The summed E-state index contributed by atoms with van der Waals surface area (Å²) in [7, 11) is -6.44. The first-order valence-corrected chi connectivity index (χ1v) is 12.7. The van der Waals surface area contributed by atoms with E-state index in [-0.39, 0.29) is 23.1 Å². The summed E-state index contributed by atoms with van der Waals surface area (Å²) in [6, 6.07) is 18.7. The van der Waals surface area contributed by atoms with Gasteiger partial charge in [0.2, 0.25) is 16.8 Å². The molecule has 0 aliphatic carbocycles. The van der Waals surface area contributed by atoms with Crippen LogP contribution < -0.4 is 18.9 Å². The van der Waals surface area contributed by atoms with Crippen molar-refractivity contribution in [2.75, 3.05) is 20.4 Å². The van der Waals surface area contributed by atoms with Crippen LogP contribution in [0.25, 0.3) is 0 Å². The van der Waals surface area contributed by atoms with E-state index in [1.165, 1.54) is 37.4 Å². The summed E-state index contributed by atoms with van der Waals surface area (Å²) in [6.45, 7) is -0.336. The van der Waals surface area contributed by atoms with Gasteiger partial charge in [0.25, 0.3) is 0 Å². The number of nitrogens with one attached hydrogen (secondary N) is 1. The predicted octanol–water partition coefficient (Wildman–Crippen LogP) is 2.92. The lowest BCUT2D eigenvalue weighted by molar-refractivity contribution is 0.174. The maximum absolute atomic E-state index is 13.4. The average molecular weight is 476 g/mol. The number of hydrogen-bond donors (Lipinski definition) is 1. The van der Waals surface area contributed by atoms with Gasteiger partial charge in [-0.25, -0.2) is 21.6 Å². The maximum atomic E-state index is 13.4. The van der Waals surface area contributed by atoms with Crippen LogP contribution in [0.1, 0.15) is 10.8 Å². The number of sulfonamides is 1. The largest absolute Gasteiger partial charge is 0.497 e. The minimum atomic E-state index is -4.01. The van der Waals surface area contributed by atoms with Crippen LogP contribution in [0.5, 0.6) is 17.2 Å². The normalized spacial score (nSPS) is 14.2. The molecule has 32 heavy (non-hydrogen) atoms. The Morgan fingerprint density at radius 3 is 2.22 bits per heavy atom. The Hall–Kier alpha value is -3.08. The highest BCUT2D eigenvalue weighted by atomic mass is 32.2. The van der Waals surface area contributed by atoms with Crippen LogP contribution in [0, 0.1) is 0 Å². The van der Waals surface area contributed by atoms with Gasteiger partial charge in [-0.2, -0.15) is 0 Å². The van der Waals surface area contributed by atoms with E-state index in [1.54, 1.807) is 42.5 Å². The van der Waals surface area contributed by atoms with Gasteiger partial charge in [0.05, 0.1) is 16.9 Å². The Morgan fingerprint density at radius 2 is 1.53 bits per heavy atom. The molecule has 168 valence electrons. The molecule has 1 aliphatic heterocycles. The van der Waals surface area contributed by atoms with E-state index >= 15 is 0 Å². The first-order valence-electron chi connectivity index (χ1n) is 9.63. The minimum absolute atomic E-state index is 0.0163. The van der Waals surface area contributed by atoms with Gasteiger partial charge in [-0.15, -0.1) is 0 Å². The maximum Gasteiger partial charge on any atom is 0.240 e. The predicted molar refractivity (Wildman–Crippen MR) is 117 cm³/mol. The third kappa shape index (κ3) is 4.43. The second kappa shape index (κ2) is 8.81. The highest BCUT2D eigenvalue weighted by molar-refractivity contribution is 7.92. The summed E-state index contributed by atoms with van der Waals surface area (Å²) in [5, 5.41) is -1.14. The van der Waals surface area contributed by atoms with Crippen LogP contribution in [0.2, 0.25) is 0 Å². The molecule has 0 saturated carbocycles. The van der Waals surface area contributed by atoms with Crippen LogP contribution in [-0.4, -0.2) is 37.3 Å². The van der Waals surface area contributed by atoms with Crippen molar-refractivity contribution < 1.29 is 31.0 Å². The molecule has 1 atom stereocenters. The Balaban J connectivity index is 1.64. The molecule has 0 saturated heterocycles. The second-order valence-corrected chi connectivity index (χ2v) is 10.9. The lowest BCUT2D eigenvalue weighted by Gasteiger charge is -2.19. The van der Waals surface area contributed by atoms with Gasteiger partial charge in [0.15, 0.2) is 21.3 Å². The Morgan fingerprint density at radius 1 is 0.875 bits per heavy atom. The zero-order valence-electron chi connectivity index (χ0n) is 17.1. The van der Waals surface area contributed by atoms with Gasteiger partial charge < -0.3 is 14.2 Å². The first-order chi connectivity index (χ1) is 15.3. The van der Waals surface area contributed by atoms with E-state index in [0.717, 1.165) is 0 Å². The summed E-state index contributed by atoms with van der Waals surface area (Å²) in [4.78, 5) is 0.0184. The molecule has 0 fully saturated rings. The molecular formula is C22H21NO7S2. The van der Waals surface area contributed by atoms with Crippen molar-refractivity contribution in [3.63, 3.8) is 0 Å². The number of sulfone groups is 1. The van der Waals surface area contributed by atoms with Crippen molar-refractivity contribution in [3.8, 4) is 17.2 Å². The summed E-state index contributed by atoms with van der Waals surface area (Å²) in [5.41, 5.74) is 0.469. The van der Waals surface area contributed by atoms with Gasteiger partial charge in [-0.05, 0) is 42.0 Å². The molecule has 0 radical (unpaired) electrons. The van der Waals surface area contributed by atoms with E-state index in [2.05, 4.69) is 4.72 Å². The van der Waals surface area contributed by atoms with E-state index in [9.17, 15) is 16.8 Å². The quantitative estimate of drug-likeness (QED) is 0.534. The molecule has 0 aromatic heterocycles. The first kappa shape index (κ1) is 22.1. The topological polar surface area (TPSA) is 108 Å². The number of rotatable bonds is 8. The van der Waals surface area contributed by atoms with E-state index < -0.39 is 25.1 Å². The van der Waals surface area contributed by atoms with Crippen molar-refractivity contribution in [2.45, 2.75) is 15.0 Å². The van der Waals surface area contributed by atoms with Crippen LogP contribution in [0.15, 0.2) is 82.6 Å². The Kier molecular flexibility index (Phi) is 6.09. The molecule has 1 heterocycles. The molecule has 0 bridgehead atoms. The molecule has 1 aliphatic rings. The monoisotopic (exact) mass is 475 g/mol. The van der Waals surface area contributed by atoms with Crippen molar-refractivity contribution in [3.05, 3.63) is 78.4 Å². The fourth-order valence-corrected chi connectivity index (χ4v) is 6.15. The summed E-state index contributed by atoms with van der Waals surface area (Å²) in [5.74, 6) is 1.29. The van der Waals surface area contributed by atoms with Crippen molar-refractivity contribution in [1.82, 2.24) is 4.72 Å². The Labute approximate surface area is 186 Å².